The Hall–Kier alpha value is -0.860. The van der Waals surface area contributed by atoms with Crippen LogP contribution >= 0.6 is 11.6 Å². The molecule has 1 aromatic rings. The highest BCUT2D eigenvalue weighted by molar-refractivity contribution is 6.30. The molecule has 0 aliphatic carbocycles. The predicted molar refractivity (Wildman–Crippen MR) is 67.3 cm³/mol. The van der Waals surface area contributed by atoms with Gasteiger partial charge >= 0.3 is 0 Å². The molecule has 1 aromatic carbocycles. The molecule has 0 saturated heterocycles. The van der Waals surface area contributed by atoms with Crippen molar-refractivity contribution >= 4 is 11.6 Å². The number of hydrogen-bond acceptors (Lipinski definition) is 1. The quantitative estimate of drug-likeness (QED) is 0.766. The lowest BCUT2D eigenvalue weighted by Gasteiger charge is -2.18. The Labute approximate surface area is 101 Å². The van der Waals surface area contributed by atoms with Crippen LogP contribution in [0.25, 0.3) is 0 Å². The molecule has 0 aliphatic heterocycles. The minimum Gasteiger partial charge on any atom is -0.310 e. The van der Waals surface area contributed by atoms with E-state index in [2.05, 4.69) is 11.9 Å². The summed E-state index contributed by atoms with van der Waals surface area (Å²) in [5, 5.41) is 3.47. The van der Waals surface area contributed by atoms with Gasteiger partial charge in [0, 0.05) is 6.04 Å². The normalized spacial score (nSPS) is 12.5. The Balaban J connectivity index is 2.91. The van der Waals surface area contributed by atoms with Gasteiger partial charge in [-0.2, -0.15) is 0 Å². The number of hydrogen-bond donors (Lipinski definition) is 1. The van der Waals surface area contributed by atoms with Crippen LogP contribution < -0.4 is 5.32 Å². The van der Waals surface area contributed by atoms with E-state index >= 15 is 0 Å². The first-order valence-electron chi connectivity index (χ1n) is 5.37. The van der Waals surface area contributed by atoms with E-state index < -0.39 is 0 Å². The average molecular weight is 242 g/mol. The van der Waals surface area contributed by atoms with Gasteiger partial charge in [-0.1, -0.05) is 30.2 Å². The Bertz CT molecular complexity index is 376. The molecule has 3 heteroatoms. The van der Waals surface area contributed by atoms with Gasteiger partial charge in [-0.05, 0) is 37.6 Å². The van der Waals surface area contributed by atoms with E-state index in [-0.39, 0.29) is 16.9 Å². The molecule has 16 heavy (non-hydrogen) atoms. The van der Waals surface area contributed by atoms with Crippen LogP contribution in [-0.4, -0.2) is 6.54 Å². The van der Waals surface area contributed by atoms with Gasteiger partial charge < -0.3 is 5.32 Å². The summed E-state index contributed by atoms with van der Waals surface area (Å²) in [6, 6.07) is 5.03. The van der Waals surface area contributed by atoms with E-state index in [1.54, 1.807) is 6.07 Å². The number of halogens is 2. The Morgan fingerprint density at radius 2 is 2.25 bits per heavy atom. The van der Waals surface area contributed by atoms with Crippen molar-refractivity contribution in [1.82, 2.24) is 5.32 Å². The Kier molecular flexibility index (Phi) is 4.97. The molecule has 0 amide bonds. The van der Waals surface area contributed by atoms with Crippen molar-refractivity contribution in [2.24, 2.45) is 0 Å². The zero-order chi connectivity index (χ0) is 12.1. The van der Waals surface area contributed by atoms with Crippen molar-refractivity contribution < 1.29 is 4.39 Å². The SMILES string of the molecule is C=C(C)CC(NCC)c1ccc(Cl)c(F)c1. The van der Waals surface area contributed by atoms with Crippen molar-refractivity contribution in [3.63, 3.8) is 0 Å². The van der Waals surface area contributed by atoms with Gasteiger partial charge in [-0.15, -0.1) is 6.58 Å². The van der Waals surface area contributed by atoms with Crippen molar-refractivity contribution in [3.05, 3.63) is 46.8 Å². The summed E-state index contributed by atoms with van der Waals surface area (Å²) in [6.07, 6.45) is 0.801. The summed E-state index contributed by atoms with van der Waals surface area (Å²) < 4.78 is 13.3. The van der Waals surface area contributed by atoms with Crippen LogP contribution in [0.1, 0.15) is 31.9 Å². The van der Waals surface area contributed by atoms with E-state index in [9.17, 15) is 4.39 Å². The van der Waals surface area contributed by atoms with E-state index in [1.165, 1.54) is 6.07 Å². The summed E-state index contributed by atoms with van der Waals surface area (Å²) in [5.41, 5.74) is 1.98. The minimum atomic E-state index is -0.371. The third kappa shape index (κ3) is 3.62. The summed E-state index contributed by atoms with van der Waals surface area (Å²) in [6.45, 7) is 8.71. The fourth-order valence-electron chi connectivity index (χ4n) is 1.63. The summed E-state index contributed by atoms with van der Waals surface area (Å²) >= 11 is 5.66. The molecule has 0 aliphatic rings. The van der Waals surface area contributed by atoms with Gasteiger partial charge in [0.2, 0.25) is 0 Å². The van der Waals surface area contributed by atoms with Crippen molar-refractivity contribution in [3.8, 4) is 0 Å². The van der Waals surface area contributed by atoms with E-state index in [0.29, 0.717) is 0 Å². The molecule has 1 atom stereocenters. The standard InChI is InChI=1S/C13H17ClFN/c1-4-16-13(7-9(2)3)10-5-6-11(14)12(15)8-10/h5-6,8,13,16H,2,4,7H2,1,3H3. The molecular weight excluding hydrogens is 225 g/mol. The maximum Gasteiger partial charge on any atom is 0.142 e. The lowest BCUT2D eigenvalue weighted by Crippen LogP contribution is -2.21. The molecule has 1 nitrogen and oxygen atoms in total. The van der Waals surface area contributed by atoms with Crippen molar-refractivity contribution in [2.75, 3.05) is 6.54 Å². The number of rotatable bonds is 5. The number of benzene rings is 1. The monoisotopic (exact) mass is 241 g/mol. The van der Waals surface area contributed by atoms with Gasteiger partial charge in [0.1, 0.15) is 5.82 Å². The van der Waals surface area contributed by atoms with Crippen LogP contribution in [0.4, 0.5) is 4.39 Å². The van der Waals surface area contributed by atoms with Gasteiger partial charge in [0.15, 0.2) is 0 Å². The summed E-state index contributed by atoms with van der Waals surface area (Å²) in [5.74, 6) is -0.371. The van der Waals surface area contributed by atoms with Crippen molar-refractivity contribution in [1.29, 1.82) is 0 Å². The second-order valence-corrected chi connectivity index (χ2v) is 4.35. The first-order chi connectivity index (χ1) is 7.54. The van der Waals surface area contributed by atoms with Crippen LogP contribution in [0.3, 0.4) is 0 Å². The Morgan fingerprint density at radius 3 is 2.75 bits per heavy atom. The van der Waals surface area contributed by atoms with E-state index in [1.807, 2.05) is 19.9 Å². The van der Waals surface area contributed by atoms with Gasteiger partial charge in [0.05, 0.1) is 5.02 Å². The highest BCUT2D eigenvalue weighted by Gasteiger charge is 2.12. The summed E-state index contributed by atoms with van der Waals surface area (Å²) in [4.78, 5) is 0. The van der Waals surface area contributed by atoms with Crippen LogP contribution in [0.15, 0.2) is 30.4 Å². The second kappa shape index (κ2) is 6.02. The fraction of sp³-hybridized carbons (Fsp3) is 0.385. The molecular formula is C13H17ClFN. The Morgan fingerprint density at radius 1 is 1.56 bits per heavy atom. The minimum absolute atomic E-state index is 0.106. The van der Waals surface area contributed by atoms with Gasteiger partial charge in [-0.3, -0.25) is 0 Å². The second-order valence-electron chi connectivity index (χ2n) is 3.95. The maximum atomic E-state index is 13.3. The highest BCUT2D eigenvalue weighted by Crippen LogP contribution is 2.24. The van der Waals surface area contributed by atoms with Crippen LogP contribution in [-0.2, 0) is 0 Å². The van der Waals surface area contributed by atoms with Crippen LogP contribution in [0.2, 0.25) is 5.02 Å². The van der Waals surface area contributed by atoms with Gasteiger partial charge in [0.25, 0.3) is 0 Å². The molecule has 1 N–H and O–H groups in total. The number of nitrogens with one attached hydrogen (secondary N) is 1. The zero-order valence-electron chi connectivity index (χ0n) is 9.69. The lowest BCUT2D eigenvalue weighted by molar-refractivity contribution is 0.541. The molecule has 0 bridgehead atoms. The smallest absolute Gasteiger partial charge is 0.142 e. The summed E-state index contributed by atoms with van der Waals surface area (Å²) in [7, 11) is 0. The molecule has 1 rings (SSSR count). The molecule has 0 spiro atoms. The third-order valence-electron chi connectivity index (χ3n) is 2.35. The fourth-order valence-corrected chi connectivity index (χ4v) is 1.75. The molecule has 1 unspecified atom stereocenters. The van der Waals surface area contributed by atoms with Crippen LogP contribution in [0.5, 0.6) is 0 Å². The molecule has 0 radical (unpaired) electrons. The maximum absolute atomic E-state index is 13.3. The van der Waals surface area contributed by atoms with E-state index in [4.69, 9.17) is 11.6 Å². The molecule has 0 heterocycles. The largest absolute Gasteiger partial charge is 0.310 e. The first-order valence-corrected chi connectivity index (χ1v) is 5.75. The molecule has 0 aromatic heterocycles. The lowest BCUT2D eigenvalue weighted by atomic mass is 10.0. The molecule has 0 saturated carbocycles. The molecule has 88 valence electrons. The topological polar surface area (TPSA) is 12.0 Å². The predicted octanol–water partition coefficient (Wildman–Crippen LogP) is 4.10. The van der Waals surface area contributed by atoms with Gasteiger partial charge in [-0.25, -0.2) is 4.39 Å². The van der Waals surface area contributed by atoms with Crippen LogP contribution in [0, 0.1) is 5.82 Å². The molecule has 0 fully saturated rings. The third-order valence-corrected chi connectivity index (χ3v) is 2.66. The zero-order valence-corrected chi connectivity index (χ0v) is 10.4. The average Bonchev–Trinajstić information content (AvgIpc) is 2.21. The first kappa shape index (κ1) is 13.2. The van der Waals surface area contributed by atoms with Crippen molar-refractivity contribution in [2.45, 2.75) is 26.3 Å². The van der Waals surface area contributed by atoms with E-state index in [0.717, 1.165) is 24.1 Å². The highest BCUT2D eigenvalue weighted by atomic mass is 35.5.